The lowest BCUT2D eigenvalue weighted by Crippen LogP contribution is -2.26. The summed E-state index contributed by atoms with van der Waals surface area (Å²) in [4.78, 5) is 23.4. The van der Waals surface area contributed by atoms with Gasteiger partial charge >= 0.3 is 5.97 Å². The second kappa shape index (κ2) is 5.70. The minimum atomic E-state index is -1.26. The van der Waals surface area contributed by atoms with Crippen molar-refractivity contribution in [3.8, 4) is 17.2 Å². The first-order valence-corrected chi connectivity index (χ1v) is 6.18. The molecule has 0 fully saturated rings. The lowest BCUT2D eigenvalue weighted by molar-refractivity contribution is 0.0694. The van der Waals surface area contributed by atoms with Gasteiger partial charge in [-0.2, -0.15) is 0 Å². The van der Waals surface area contributed by atoms with Gasteiger partial charge in [0.15, 0.2) is 11.5 Å². The Labute approximate surface area is 121 Å². The topological polar surface area (TPSA) is 77.8 Å². The van der Waals surface area contributed by atoms with Crippen molar-refractivity contribution in [3.63, 3.8) is 0 Å². The Balaban J connectivity index is 2.70. The van der Waals surface area contributed by atoms with Gasteiger partial charge in [0.2, 0.25) is 0 Å². The molecule has 0 bridgehead atoms. The molecule has 6 nitrogen and oxygen atoms in total. The van der Waals surface area contributed by atoms with E-state index >= 15 is 0 Å². The summed E-state index contributed by atoms with van der Waals surface area (Å²) in [5, 5.41) is 9.05. The number of rotatable bonds is 4. The van der Waals surface area contributed by atoms with Gasteiger partial charge in [0.05, 0.1) is 19.9 Å². The lowest BCUT2D eigenvalue weighted by atomic mass is 10.2. The van der Waals surface area contributed by atoms with Gasteiger partial charge in [0.25, 0.3) is 5.56 Å². The van der Waals surface area contributed by atoms with Crippen LogP contribution in [-0.4, -0.2) is 29.9 Å². The SMILES string of the molecule is COc1ccc(-n2c(C)ccc(C(=O)O)c2=O)cc1OC. The Kier molecular flexibility index (Phi) is 3.98. The van der Waals surface area contributed by atoms with Crippen LogP contribution in [0.2, 0.25) is 0 Å². The van der Waals surface area contributed by atoms with Crippen LogP contribution in [0.3, 0.4) is 0 Å². The van der Waals surface area contributed by atoms with Crippen molar-refractivity contribution in [2.45, 2.75) is 6.92 Å². The van der Waals surface area contributed by atoms with Crippen LogP contribution in [0.4, 0.5) is 0 Å². The van der Waals surface area contributed by atoms with Gasteiger partial charge in [-0.05, 0) is 31.2 Å². The van der Waals surface area contributed by atoms with Crippen molar-refractivity contribution < 1.29 is 19.4 Å². The van der Waals surface area contributed by atoms with E-state index in [4.69, 9.17) is 14.6 Å². The maximum atomic E-state index is 12.3. The molecule has 1 heterocycles. The van der Waals surface area contributed by atoms with Crippen LogP contribution in [0, 0.1) is 6.92 Å². The molecule has 0 amide bonds. The number of aryl methyl sites for hydroxylation is 1. The zero-order valence-corrected chi connectivity index (χ0v) is 11.9. The standard InChI is InChI=1S/C15H15NO5/c1-9-4-6-11(15(18)19)14(17)16(9)10-5-7-12(20-2)13(8-10)21-3/h4-8H,1-3H3,(H,18,19). The molecule has 0 unspecified atom stereocenters. The minimum absolute atomic E-state index is 0.282. The van der Waals surface area contributed by atoms with Gasteiger partial charge in [-0.15, -0.1) is 0 Å². The van der Waals surface area contributed by atoms with Crippen LogP contribution in [0.5, 0.6) is 11.5 Å². The normalized spacial score (nSPS) is 10.2. The van der Waals surface area contributed by atoms with Crippen molar-refractivity contribution >= 4 is 5.97 Å². The van der Waals surface area contributed by atoms with Crippen molar-refractivity contribution in [3.05, 3.63) is 51.9 Å². The smallest absolute Gasteiger partial charge is 0.341 e. The molecule has 21 heavy (non-hydrogen) atoms. The Hall–Kier alpha value is -2.76. The largest absolute Gasteiger partial charge is 0.493 e. The number of hydrogen-bond donors (Lipinski definition) is 1. The molecule has 6 heteroatoms. The fraction of sp³-hybridized carbons (Fsp3) is 0.200. The van der Waals surface area contributed by atoms with E-state index in [2.05, 4.69) is 0 Å². The number of carboxylic acids is 1. The number of nitrogens with zero attached hydrogens (tertiary/aromatic N) is 1. The molecule has 1 N–H and O–H groups in total. The second-order valence-electron chi connectivity index (χ2n) is 4.37. The molecule has 2 aromatic rings. The molecule has 0 aliphatic heterocycles. The predicted octanol–water partition coefficient (Wildman–Crippen LogP) is 1.86. The van der Waals surface area contributed by atoms with Crippen LogP contribution < -0.4 is 15.0 Å². The number of ether oxygens (including phenoxy) is 2. The van der Waals surface area contributed by atoms with Gasteiger partial charge in [-0.25, -0.2) is 4.79 Å². The monoisotopic (exact) mass is 289 g/mol. The molecule has 0 aliphatic carbocycles. The third-order valence-corrected chi connectivity index (χ3v) is 3.13. The summed E-state index contributed by atoms with van der Waals surface area (Å²) in [5.74, 6) is -0.266. The maximum Gasteiger partial charge on any atom is 0.341 e. The van der Waals surface area contributed by atoms with E-state index in [1.807, 2.05) is 0 Å². The Morgan fingerprint density at radius 3 is 2.33 bits per heavy atom. The van der Waals surface area contributed by atoms with Crippen LogP contribution in [0.25, 0.3) is 5.69 Å². The first kappa shape index (κ1) is 14.6. The van der Waals surface area contributed by atoms with Crippen molar-refractivity contribution in [1.29, 1.82) is 0 Å². The number of benzene rings is 1. The fourth-order valence-corrected chi connectivity index (χ4v) is 2.08. The number of pyridine rings is 1. The van der Waals surface area contributed by atoms with E-state index in [-0.39, 0.29) is 5.56 Å². The highest BCUT2D eigenvalue weighted by Crippen LogP contribution is 2.29. The predicted molar refractivity (Wildman–Crippen MR) is 76.8 cm³/mol. The summed E-state index contributed by atoms with van der Waals surface area (Å²) < 4.78 is 11.7. The molecule has 0 saturated carbocycles. The number of carbonyl (C=O) groups is 1. The van der Waals surface area contributed by atoms with Gasteiger partial charge in [0, 0.05) is 11.8 Å². The lowest BCUT2D eigenvalue weighted by Gasteiger charge is -2.13. The van der Waals surface area contributed by atoms with E-state index in [0.717, 1.165) is 0 Å². The summed E-state index contributed by atoms with van der Waals surface area (Å²) in [6.07, 6.45) is 0. The highest BCUT2D eigenvalue weighted by molar-refractivity contribution is 5.87. The van der Waals surface area contributed by atoms with Crippen molar-refractivity contribution in [2.24, 2.45) is 0 Å². The van der Waals surface area contributed by atoms with E-state index in [1.54, 1.807) is 31.2 Å². The van der Waals surface area contributed by atoms with Crippen LogP contribution >= 0.6 is 0 Å². The minimum Gasteiger partial charge on any atom is -0.493 e. The van der Waals surface area contributed by atoms with Gasteiger partial charge in [-0.3, -0.25) is 9.36 Å². The molecule has 1 aromatic heterocycles. The summed E-state index contributed by atoms with van der Waals surface area (Å²) in [5.41, 5.74) is 0.264. The van der Waals surface area contributed by atoms with E-state index in [0.29, 0.717) is 22.9 Å². The maximum absolute atomic E-state index is 12.3. The number of methoxy groups -OCH3 is 2. The number of aromatic nitrogens is 1. The second-order valence-corrected chi connectivity index (χ2v) is 4.37. The van der Waals surface area contributed by atoms with Crippen LogP contribution in [-0.2, 0) is 0 Å². The molecule has 0 spiro atoms. The Morgan fingerprint density at radius 2 is 1.76 bits per heavy atom. The van der Waals surface area contributed by atoms with Crippen molar-refractivity contribution in [2.75, 3.05) is 14.2 Å². The molecule has 110 valence electrons. The average Bonchev–Trinajstić information content (AvgIpc) is 2.46. The molecule has 0 atom stereocenters. The fourth-order valence-electron chi connectivity index (χ4n) is 2.08. The molecular weight excluding hydrogens is 274 g/mol. The third kappa shape index (κ3) is 2.60. The molecule has 2 rings (SSSR count). The van der Waals surface area contributed by atoms with Gasteiger partial charge in [-0.1, -0.05) is 0 Å². The number of hydrogen-bond acceptors (Lipinski definition) is 4. The number of carboxylic acid groups (broad SMARTS) is 1. The summed E-state index contributed by atoms with van der Waals surface area (Å²) >= 11 is 0. The first-order valence-electron chi connectivity index (χ1n) is 6.18. The van der Waals surface area contributed by atoms with E-state index < -0.39 is 11.5 Å². The Bertz CT molecular complexity index is 748. The van der Waals surface area contributed by atoms with E-state index in [9.17, 15) is 9.59 Å². The molecule has 0 radical (unpaired) electrons. The summed E-state index contributed by atoms with van der Waals surface area (Å²) in [7, 11) is 3.00. The molecule has 0 aliphatic rings. The quantitative estimate of drug-likeness (QED) is 0.929. The third-order valence-electron chi connectivity index (χ3n) is 3.13. The first-order chi connectivity index (χ1) is 9.99. The highest BCUT2D eigenvalue weighted by Gasteiger charge is 2.15. The van der Waals surface area contributed by atoms with E-state index in [1.165, 1.54) is 24.9 Å². The van der Waals surface area contributed by atoms with Gasteiger partial charge in [0.1, 0.15) is 5.56 Å². The zero-order chi connectivity index (χ0) is 15.6. The number of aromatic carboxylic acids is 1. The molecule has 0 saturated heterocycles. The van der Waals surface area contributed by atoms with Gasteiger partial charge < -0.3 is 14.6 Å². The van der Waals surface area contributed by atoms with Crippen molar-refractivity contribution in [1.82, 2.24) is 4.57 Å². The van der Waals surface area contributed by atoms with Crippen LogP contribution in [0.15, 0.2) is 35.1 Å². The molecule has 1 aromatic carbocycles. The highest BCUT2D eigenvalue weighted by atomic mass is 16.5. The zero-order valence-electron chi connectivity index (χ0n) is 11.9. The summed E-state index contributed by atoms with van der Waals surface area (Å²) in [6.45, 7) is 1.73. The van der Waals surface area contributed by atoms with Crippen LogP contribution in [0.1, 0.15) is 16.1 Å². The molecular formula is C15H15NO5. The Morgan fingerprint density at radius 1 is 1.10 bits per heavy atom. The summed E-state index contributed by atoms with van der Waals surface area (Å²) in [6, 6.07) is 7.84. The average molecular weight is 289 g/mol.